The molecule has 5 heteroatoms. The lowest BCUT2D eigenvalue weighted by Gasteiger charge is -2.01. The first-order valence-corrected chi connectivity index (χ1v) is 3.10. The first kappa shape index (κ1) is 7.04. The zero-order valence-corrected chi connectivity index (χ0v) is 6.03. The molecule has 6 N–H and O–H groups in total. The highest BCUT2D eigenvalue weighted by atomic mass is 32.1. The standard InChI is InChI=1S/C5H8N4S/c6-5-3(9-7)1-2-4(10)8-5/h1-2,9H,7H2,(H3,6,8,10). The van der Waals surface area contributed by atoms with Crippen LogP contribution in [0.3, 0.4) is 0 Å². The van der Waals surface area contributed by atoms with Crippen molar-refractivity contribution in [3.63, 3.8) is 0 Å². The number of pyridine rings is 1. The van der Waals surface area contributed by atoms with Gasteiger partial charge in [0.2, 0.25) is 0 Å². The van der Waals surface area contributed by atoms with E-state index in [2.05, 4.69) is 10.4 Å². The molecule has 10 heavy (non-hydrogen) atoms. The largest absolute Gasteiger partial charge is 0.383 e. The number of hydrazine groups is 1. The Bertz CT molecular complexity index is 279. The minimum atomic E-state index is 0.454. The third-order valence-electron chi connectivity index (χ3n) is 1.10. The predicted octanol–water partition coefficient (Wildman–Crippen LogP) is 0.612. The van der Waals surface area contributed by atoms with E-state index in [0.717, 1.165) is 0 Å². The van der Waals surface area contributed by atoms with Crippen molar-refractivity contribution in [2.24, 2.45) is 5.84 Å². The minimum absolute atomic E-state index is 0.454. The van der Waals surface area contributed by atoms with Crippen molar-refractivity contribution in [2.75, 3.05) is 11.2 Å². The first-order valence-electron chi connectivity index (χ1n) is 2.69. The Kier molecular flexibility index (Phi) is 1.88. The second-order valence-corrected chi connectivity index (χ2v) is 2.23. The van der Waals surface area contributed by atoms with Crippen LogP contribution in [0.4, 0.5) is 11.5 Å². The Morgan fingerprint density at radius 3 is 2.70 bits per heavy atom. The smallest absolute Gasteiger partial charge is 0.126 e. The molecule has 0 radical (unpaired) electrons. The summed E-state index contributed by atoms with van der Waals surface area (Å²) < 4.78 is 0.594. The summed E-state index contributed by atoms with van der Waals surface area (Å²) in [6.07, 6.45) is 0. The zero-order valence-electron chi connectivity index (χ0n) is 5.22. The molecule has 0 saturated carbocycles. The predicted molar refractivity (Wildman–Crippen MR) is 43.8 cm³/mol. The summed E-state index contributed by atoms with van der Waals surface area (Å²) in [5, 5.41) is 0. The molecule has 1 aromatic heterocycles. The monoisotopic (exact) mass is 156 g/mol. The lowest BCUT2D eigenvalue weighted by molar-refractivity contribution is 1.26. The van der Waals surface area contributed by atoms with E-state index in [1.54, 1.807) is 12.1 Å². The van der Waals surface area contributed by atoms with Gasteiger partial charge in [-0.15, -0.1) is 0 Å². The van der Waals surface area contributed by atoms with E-state index in [1.807, 2.05) is 0 Å². The Labute approximate surface area is 63.2 Å². The zero-order chi connectivity index (χ0) is 7.56. The summed E-state index contributed by atoms with van der Waals surface area (Å²) in [5.74, 6) is 5.57. The number of nitrogens with one attached hydrogen (secondary N) is 2. The number of rotatable bonds is 1. The molecule has 0 saturated heterocycles. The molecular weight excluding hydrogens is 148 g/mol. The van der Waals surface area contributed by atoms with E-state index < -0.39 is 0 Å². The summed E-state index contributed by atoms with van der Waals surface area (Å²) in [7, 11) is 0. The normalized spacial score (nSPS) is 9.30. The van der Waals surface area contributed by atoms with Crippen LogP contribution in [0.5, 0.6) is 0 Å². The average Bonchev–Trinajstić information content (AvgIpc) is 1.88. The van der Waals surface area contributed by atoms with E-state index >= 15 is 0 Å². The van der Waals surface area contributed by atoms with Gasteiger partial charge in [-0.25, -0.2) is 0 Å². The van der Waals surface area contributed by atoms with Crippen molar-refractivity contribution in [3.05, 3.63) is 16.8 Å². The molecule has 0 fully saturated rings. The van der Waals surface area contributed by atoms with Crippen molar-refractivity contribution >= 4 is 23.7 Å². The van der Waals surface area contributed by atoms with E-state index in [-0.39, 0.29) is 0 Å². The van der Waals surface area contributed by atoms with Crippen molar-refractivity contribution in [1.82, 2.24) is 4.98 Å². The number of hydrogen-bond donors (Lipinski definition) is 4. The topological polar surface area (TPSA) is 79.9 Å². The molecule has 0 aromatic carbocycles. The van der Waals surface area contributed by atoms with Crippen molar-refractivity contribution in [2.45, 2.75) is 0 Å². The molecule has 0 aliphatic heterocycles. The fourth-order valence-corrected chi connectivity index (χ4v) is 0.794. The van der Waals surface area contributed by atoms with Gasteiger partial charge in [0.15, 0.2) is 0 Å². The van der Waals surface area contributed by atoms with Crippen molar-refractivity contribution in [3.8, 4) is 0 Å². The van der Waals surface area contributed by atoms with Gasteiger partial charge in [-0.3, -0.25) is 5.84 Å². The maximum Gasteiger partial charge on any atom is 0.126 e. The van der Waals surface area contributed by atoms with Gasteiger partial charge in [-0.1, -0.05) is 12.2 Å². The van der Waals surface area contributed by atoms with E-state index in [1.165, 1.54) is 0 Å². The molecule has 1 heterocycles. The molecule has 0 aliphatic carbocycles. The number of nitrogen functional groups attached to an aromatic ring is 2. The average molecular weight is 156 g/mol. The highest BCUT2D eigenvalue weighted by Crippen LogP contribution is 2.11. The summed E-state index contributed by atoms with van der Waals surface area (Å²) in [6, 6.07) is 3.43. The SMILES string of the molecule is NNc1ccc(=S)[nH]c1N. The second-order valence-electron chi connectivity index (χ2n) is 1.79. The van der Waals surface area contributed by atoms with Crippen LogP contribution in [0.15, 0.2) is 12.1 Å². The first-order chi connectivity index (χ1) is 4.74. The molecule has 0 unspecified atom stereocenters. The molecule has 0 amide bonds. The third kappa shape index (κ3) is 1.26. The number of nitrogens with two attached hydrogens (primary N) is 2. The van der Waals surface area contributed by atoms with E-state index in [0.29, 0.717) is 16.1 Å². The van der Waals surface area contributed by atoms with Crippen LogP contribution in [0.25, 0.3) is 0 Å². The van der Waals surface area contributed by atoms with Gasteiger partial charge in [0, 0.05) is 0 Å². The Hall–Kier alpha value is -1.07. The lowest BCUT2D eigenvalue weighted by Crippen LogP contribution is -2.09. The molecule has 54 valence electrons. The lowest BCUT2D eigenvalue weighted by atomic mass is 10.4. The number of aromatic nitrogens is 1. The third-order valence-corrected chi connectivity index (χ3v) is 1.34. The van der Waals surface area contributed by atoms with Gasteiger partial charge in [-0.05, 0) is 12.1 Å². The second kappa shape index (κ2) is 2.68. The minimum Gasteiger partial charge on any atom is -0.383 e. The van der Waals surface area contributed by atoms with Crippen LogP contribution >= 0.6 is 12.2 Å². The van der Waals surface area contributed by atoms with Gasteiger partial charge in [-0.2, -0.15) is 0 Å². The quantitative estimate of drug-likeness (QED) is 0.273. The van der Waals surface area contributed by atoms with Crippen LogP contribution < -0.4 is 17.0 Å². The summed E-state index contributed by atoms with van der Waals surface area (Å²) >= 11 is 4.80. The molecule has 0 spiro atoms. The molecular formula is C5H8N4S. The van der Waals surface area contributed by atoms with Gasteiger partial charge < -0.3 is 16.1 Å². The maximum absolute atomic E-state index is 5.47. The van der Waals surface area contributed by atoms with E-state index in [4.69, 9.17) is 23.8 Å². The number of hydrogen-bond acceptors (Lipinski definition) is 4. The molecule has 0 bridgehead atoms. The Balaban J connectivity index is 3.19. The molecule has 0 atom stereocenters. The molecule has 1 aromatic rings. The van der Waals surface area contributed by atoms with E-state index in [9.17, 15) is 0 Å². The number of anilines is 2. The van der Waals surface area contributed by atoms with Gasteiger partial charge in [0.05, 0.1) is 5.69 Å². The van der Waals surface area contributed by atoms with Crippen LogP contribution in [-0.4, -0.2) is 4.98 Å². The van der Waals surface area contributed by atoms with Gasteiger partial charge in [0.25, 0.3) is 0 Å². The summed E-state index contributed by atoms with van der Waals surface area (Å²) in [4.78, 5) is 2.74. The fraction of sp³-hybridized carbons (Fsp3) is 0. The Morgan fingerprint density at radius 1 is 1.50 bits per heavy atom. The number of H-pyrrole nitrogens is 1. The van der Waals surface area contributed by atoms with Crippen LogP contribution in [0.2, 0.25) is 0 Å². The van der Waals surface area contributed by atoms with Gasteiger partial charge in [0.1, 0.15) is 10.5 Å². The van der Waals surface area contributed by atoms with Crippen molar-refractivity contribution in [1.29, 1.82) is 0 Å². The fourth-order valence-electron chi connectivity index (χ4n) is 0.616. The Morgan fingerprint density at radius 2 is 2.20 bits per heavy atom. The van der Waals surface area contributed by atoms with Crippen LogP contribution in [0.1, 0.15) is 0 Å². The molecule has 1 rings (SSSR count). The summed E-state index contributed by atoms with van der Waals surface area (Å²) in [6.45, 7) is 0. The highest BCUT2D eigenvalue weighted by molar-refractivity contribution is 7.71. The summed E-state index contributed by atoms with van der Waals surface area (Å²) in [5.41, 5.74) is 8.53. The highest BCUT2D eigenvalue weighted by Gasteiger charge is 1.92. The maximum atomic E-state index is 5.47. The molecule has 4 nitrogen and oxygen atoms in total. The van der Waals surface area contributed by atoms with Crippen molar-refractivity contribution < 1.29 is 0 Å². The van der Waals surface area contributed by atoms with Crippen LogP contribution in [-0.2, 0) is 0 Å². The molecule has 0 aliphatic rings. The number of aromatic amines is 1. The van der Waals surface area contributed by atoms with Crippen LogP contribution in [0, 0.1) is 4.64 Å². The van der Waals surface area contributed by atoms with Gasteiger partial charge >= 0.3 is 0 Å².